The van der Waals surface area contributed by atoms with Gasteiger partial charge in [-0.25, -0.2) is 9.97 Å². The number of hydrogen-bond donors (Lipinski definition) is 1. The van der Waals surface area contributed by atoms with Crippen LogP contribution in [0.2, 0.25) is 0 Å². The van der Waals surface area contributed by atoms with E-state index in [1.165, 1.54) is 0 Å². The smallest absolute Gasteiger partial charge is 0.137 e. The first kappa shape index (κ1) is 16.0. The molecule has 0 bridgehead atoms. The molecule has 1 fully saturated rings. The Labute approximate surface area is 128 Å². The lowest BCUT2D eigenvalue weighted by molar-refractivity contribution is 0.169. The molecule has 1 saturated heterocycles. The zero-order valence-electron chi connectivity index (χ0n) is 14.3. The van der Waals surface area contributed by atoms with Crippen molar-refractivity contribution in [1.29, 1.82) is 0 Å². The van der Waals surface area contributed by atoms with Crippen molar-refractivity contribution in [3.05, 3.63) is 11.4 Å². The van der Waals surface area contributed by atoms with Gasteiger partial charge in [0.25, 0.3) is 0 Å². The van der Waals surface area contributed by atoms with Gasteiger partial charge in [-0.05, 0) is 41.2 Å². The maximum atomic E-state index is 4.72. The van der Waals surface area contributed by atoms with Gasteiger partial charge in [0.15, 0.2) is 0 Å². The lowest BCUT2D eigenvalue weighted by atomic mass is 10.1. The third-order valence-electron chi connectivity index (χ3n) is 4.43. The first-order valence-electron chi connectivity index (χ1n) is 8.00. The molecule has 0 aliphatic carbocycles. The Morgan fingerprint density at radius 2 is 1.76 bits per heavy atom. The van der Waals surface area contributed by atoms with E-state index in [4.69, 9.17) is 4.98 Å². The molecule has 2 unspecified atom stereocenters. The quantitative estimate of drug-likeness (QED) is 0.923. The van der Waals surface area contributed by atoms with Gasteiger partial charge in [0.1, 0.15) is 17.5 Å². The van der Waals surface area contributed by atoms with Crippen molar-refractivity contribution in [1.82, 2.24) is 14.9 Å². The second-order valence-electron chi connectivity index (χ2n) is 6.26. The highest BCUT2D eigenvalue weighted by molar-refractivity contribution is 5.59. The molecule has 1 aliphatic heterocycles. The van der Waals surface area contributed by atoms with Crippen molar-refractivity contribution in [2.75, 3.05) is 36.9 Å². The second kappa shape index (κ2) is 6.60. The fourth-order valence-electron chi connectivity index (χ4n) is 2.91. The van der Waals surface area contributed by atoms with Gasteiger partial charge in [-0.15, -0.1) is 0 Å². The number of nitrogens with one attached hydrogen (secondary N) is 1. The summed E-state index contributed by atoms with van der Waals surface area (Å²) in [4.78, 5) is 14.1. The zero-order valence-corrected chi connectivity index (χ0v) is 14.3. The highest BCUT2D eigenvalue weighted by Crippen LogP contribution is 2.26. The topological polar surface area (TPSA) is 44.3 Å². The molecule has 1 aromatic heterocycles. The summed E-state index contributed by atoms with van der Waals surface area (Å²) in [5.41, 5.74) is 1.16. The first-order valence-corrected chi connectivity index (χ1v) is 8.00. The number of rotatable bonds is 4. The summed E-state index contributed by atoms with van der Waals surface area (Å²) >= 11 is 0. The largest absolute Gasteiger partial charge is 0.370 e. The SMILES string of the molecule is CCCNc1nc(C)nc(N2CC(C)N(C)C(C)C2)c1C. The molecule has 0 spiro atoms. The van der Waals surface area contributed by atoms with Crippen LogP contribution >= 0.6 is 0 Å². The van der Waals surface area contributed by atoms with E-state index in [9.17, 15) is 0 Å². The molecule has 1 aliphatic rings. The molecule has 2 rings (SSSR count). The maximum Gasteiger partial charge on any atom is 0.137 e. The molecule has 0 radical (unpaired) electrons. The van der Waals surface area contributed by atoms with Gasteiger partial charge in [-0.3, -0.25) is 4.90 Å². The minimum atomic E-state index is 0.537. The predicted molar refractivity (Wildman–Crippen MR) is 89.2 cm³/mol. The Hall–Kier alpha value is -1.36. The molecule has 0 amide bonds. The summed E-state index contributed by atoms with van der Waals surface area (Å²) in [5, 5.41) is 3.43. The van der Waals surface area contributed by atoms with E-state index in [1.54, 1.807) is 0 Å². The van der Waals surface area contributed by atoms with Crippen LogP contribution in [0.4, 0.5) is 11.6 Å². The van der Waals surface area contributed by atoms with Gasteiger partial charge < -0.3 is 10.2 Å². The van der Waals surface area contributed by atoms with Crippen LogP contribution in [0.1, 0.15) is 38.6 Å². The van der Waals surface area contributed by atoms with E-state index in [1.807, 2.05) is 6.92 Å². The van der Waals surface area contributed by atoms with Crippen LogP contribution in [0, 0.1) is 13.8 Å². The van der Waals surface area contributed by atoms with E-state index in [-0.39, 0.29) is 0 Å². The standard InChI is InChI=1S/C16H29N5/c1-7-8-17-15-13(4)16(19-14(5)18-15)21-9-11(2)20(6)12(3)10-21/h11-12H,7-10H2,1-6H3,(H,17,18,19). The van der Waals surface area contributed by atoms with Gasteiger partial charge in [0, 0.05) is 37.3 Å². The van der Waals surface area contributed by atoms with Crippen molar-refractivity contribution in [3.63, 3.8) is 0 Å². The molecular formula is C16H29N5. The molecule has 1 N–H and O–H groups in total. The molecule has 5 heteroatoms. The van der Waals surface area contributed by atoms with Gasteiger partial charge >= 0.3 is 0 Å². The average molecular weight is 291 g/mol. The zero-order chi connectivity index (χ0) is 15.6. The minimum Gasteiger partial charge on any atom is -0.370 e. The maximum absolute atomic E-state index is 4.72. The summed E-state index contributed by atoms with van der Waals surface area (Å²) in [6.07, 6.45) is 1.10. The highest BCUT2D eigenvalue weighted by Gasteiger charge is 2.28. The Morgan fingerprint density at radius 3 is 2.33 bits per heavy atom. The molecule has 21 heavy (non-hydrogen) atoms. The lowest BCUT2D eigenvalue weighted by Gasteiger charge is -2.43. The summed E-state index contributed by atoms with van der Waals surface area (Å²) in [7, 11) is 2.21. The third-order valence-corrected chi connectivity index (χ3v) is 4.43. The van der Waals surface area contributed by atoms with Crippen molar-refractivity contribution in [2.24, 2.45) is 0 Å². The van der Waals surface area contributed by atoms with Gasteiger partial charge in [0.05, 0.1) is 0 Å². The Balaban J connectivity index is 2.28. The molecular weight excluding hydrogens is 262 g/mol. The molecule has 0 saturated carbocycles. The fourth-order valence-corrected chi connectivity index (χ4v) is 2.91. The average Bonchev–Trinajstić information content (AvgIpc) is 2.44. The third kappa shape index (κ3) is 3.46. The van der Waals surface area contributed by atoms with Crippen molar-refractivity contribution < 1.29 is 0 Å². The summed E-state index contributed by atoms with van der Waals surface area (Å²) in [6.45, 7) is 13.8. The van der Waals surface area contributed by atoms with Crippen LogP contribution in [0.25, 0.3) is 0 Å². The highest BCUT2D eigenvalue weighted by atomic mass is 15.3. The second-order valence-corrected chi connectivity index (χ2v) is 6.26. The van der Waals surface area contributed by atoms with Crippen LogP contribution in [0.15, 0.2) is 0 Å². The minimum absolute atomic E-state index is 0.537. The van der Waals surface area contributed by atoms with Gasteiger partial charge in [-0.1, -0.05) is 6.92 Å². The van der Waals surface area contributed by atoms with Gasteiger partial charge in [-0.2, -0.15) is 0 Å². The van der Waals surface area contributed by atoms with Crippen LogP contribution < -0.4 is 10.2 Å². The first-order chi connectivity index (χ1) is 9.93. The van der Waals surface area contributed by atoms with Crippen molar-refractivity contribution >= 4 is 11.6 Å². The van der Waals surface area contributed by atoms with E-state index in [2.05, 4.69) is 54.8 Å². The van der Waals surface area contributed by atoms with Crippen molar-refractivity contribution in [2.45, 2.75) is 53.1 Å². The molecule has 0 aromatic carbocycles. The molecule has 1 aromatic rings. The Bertz CT molecular complexity index is 476. The lowest BCUT2D eigenvalue weighted by Crippen LogP contribution is -2.55. The normalized spacial score (nSPS) is 23.4. The van der Waals surface area contributed by atoms with E-state index in [0.717, 1.165) is 49.1 Å². The van der Waals surface area contributed by atoms with E-state index >= 15 is 0 Å². The Kier molecular flexibility index (Phi) is 5.04. The van der Waals surface area contributed by atoms with Crippen LogP contribution in [0.3, 0.4) is 0 Å². The molecule has 5 nitrogen and oxygen atoms in total. The number of likely N-dealkylation sites (N-methyl/N-ethyl adjacent to an activating group) is 1. The number of nitrogens with zero attached hydrogens (tertiary/aromatic N) is 4. The summed E-state index contributed by atoms with van der Waals surface area (Å²) < 4.78 is 0. The molecule has 2 heterocycles. The number of piperazine rings is 1. The monoisotopic (exact) mass is 291 g/mol. The molecule has 118 valence electrons. The van der Waals surface area contributed by atoms with Crippen LogP contribution in [-0.2, 0) is 0 Å². The Morgan fingerprint density at radius 1 is 1.14 bits per heavy atom. The number of hydrogen-bond acceptors (Lipinski definition) is 5. The van der Waals surface area contributed by atoms with Crippen LogP contribution in [-0.4, -0.2) is 53.6 Å². The fraction of sp³-hybridized carbons (Fsp3) is 0.750. The number of aromatic nitrogens is 2. The van der Waals surface area contributed by atoms with E-state index in [0.29, 0.717) is 12.1 Å². The summed E-state index contributed by atoms with van der Waals surface area (Å²) in [6, 6.07) is 1.07. The number of anilines is 2. The van der Waals surface area contributed by atoms with Crippen molar-refractivity contribution in [3.8, 4) is 0 Å². The molecule has 2 atom stereocenters. The van der Waals surface area contributed by atoms with Crippen LogP contribution in [0.5, 0.6) is 0 Å². The predicted octanol–water partition coefficient (Wildman–Crippen LogP) is 2.44. The van der Waals surface area contributed by atoms with Gasteiger partial charge in [0.2, 0.25) is 0 Å². The number of aryl methyl sites for hydroxylation is 1. The summed E-state index contributed by atoms with van der Waals surface area (Å²) in [5.74, 6) is 2.92. The van der Waals surface area contributed by atoms with E-state index < -0.39 is 0 Å².